The number of fused-ring (bicyclic) bond motifs is 3. The molecule has 0 N–H and O–H groups in total. The van der Waals surface area contributed by atoms with Crippen molar-refractivity contribution in [2.45, 2.75) is 12.8 Å². The summed E-state index contributed by atoms with van der Waals surface area (Å²) >= 11 is 0. The SMILES string of the molecule is c1cc(-c2ccc3ccccc3c2)cc(-c2c3ccccc3c(-c3cc4c5c(cccc5c3)CC4)c3ccccc23)c1. The van der Waals surface area contributed by atoms with Gasteiger partial charge >= 0.3 is 0 Å². The normalized spacial score (nSPS) is 12.6. The van der Waals surface area contributed by atoms with Crippen LogP contribution in [-0.4, -0.2) is 0 Å². The molecule has 9 rings (SSSR count). The van der Waals surface area contributed by atoms with Crippen LogP contribution < -0.4 is 0 Å². The lowest BCUT2D eigenvalue weighted by Gasteiger charge is -2.19. The van der Waals surface area contributed by atoms with E-state index in [0.29, 0.717) is 0 Å². The quantitative estimate of drug-likeness (QED) is 0.199. The topological polar surface area (TPSA) is 0 Å². The summed E-state index contributed by atoms with van der Waals surface area (Å²) in [6.45, 7) is 0. The first kappa shape index (κ1) is 23.5. The molecule has 0 amide bonds. The van der Waals surface area contributed by atoms with Crippen molar-refractivity contribution in [2.24, 2.45) is 0 Å². The predicted octanol–water partition coefficient (Wildman–Crippen LogP) is 11.4. The van der Waals surface area contributed by atoms with Crippen molar-refractivity contribution in [3.05, 3.63) is 157 Å². The van der Waals surface area contributed by atoms with Gasteiger partial charge in [-0.1, -0.05) is 127 Å². The number of aryl methyl sites for hydroxylation is 2. The molecule has 196 valence electrons. The van der Waals surface area contributed by atoms with E-state index in [-0.39, 0.29) is 0 Å². The van der Waals surface area contributed by atoms with Gasteiger partial charge in [-0.15, -0.1) is 0 Å². The van der Waals surface area contributed by atoms with Gasteiger partial charge in [0.05, 0.1) is 0 Å². The lowest BCUT2D eigenvalue weighted by molar-refractivity contribution is 1.02. The van der Waals surface area contributed by atoms with E-state index in [1.165, 1.54) is 87.6 Å². The monoisotopic (exact) mass is 532 g/mol. The average Bonchev–Trinajstić information content (AvgIpc) is 3.47. The minimum atomic E-state index is 1.12. The first-order chi connectivity index (χ1) is 20.8. The van der Waals surface area contributed by atoms with Crippen molar-refractivity contribution >= 4 is 43.1 Å². The summed E-state index contributed by atoms with van der Waals surface area (Å²) in [5.41, 5.74) is 10.7. The molecular weight excluding hydrogens is 504 g/mol. The molecule has 0 atom stereocenters. The summed E-state index contributed by atoms with van der Waals surface area (Å²) in [4.78, 5) is 0. The highest BCUT2D eigenvalue weighted by Crippen LogP contribution is 2.45. The van der Waals surface area contributed by atoms with Crippen LogP contribution >= 0.6 is 0 Å². The van der Waals surface area contributed by atoms with Gasteiger partial charge in [0.25, 0.3) is 0 Å². The first-order valence-electron chi connectivity index (χ1n) is 14.9. The van der Waals surface area contributed by atoms with Gasteiger partial charge in [-0.2, -0.15) is 0 Å². The van der Waals surface area contributed by atoms with Gasteiger partial charge in [0.15, 0.2) is 0 Å². The van der Waals surface area contributed by atoms with Crippen LogP contribution in [0.15, 0.2) is 146 Å². The van der Waals surface area contributed by atoms with Crippen LogP contribution in [0.4, 0.5) is 0 Å². The molecule has 0 heteroatoms. The zero-order valence-corrected chi connectivity index (χ0v) is 23.3. The Balaban J connectivity index is 1.31. The largest absolute Gasteiger partial charge is 0.0616 e. The minimum Gasteiger partial charge on any atom is -0.0616 e. The van der Waals surface area contributed by atoms with E-state index in [1.54, 1.807) is 0 Å². The van der Waals surface area contributed by atoms with Crippen molar-refractivity contribution in [3.8, 4) is 33.4 Å². The van der Waals surface area contributed by atoms with E-state index in [0.717, 1.165) is 12.8 Å². The molecule has 0 aliphatic heterocycles. The van der Waals surface area contributed by atoms with Gasteiger partial charge in [-0.05, 0) is 119 Å². The van der Waals surface area contributed by atoms with Crippen LogP contribution in [0.25, 0.3) is 76.5 Å². The van der Waals surface area contributed by atoms with Crippen molar-refractivity contribution < 1.29 is 0 Å². The average molecular weight is 533 g/mol. The van der Waals surface area contributed by atoms with E-state index in [1.807, 2.05) is 0 Å². The van der Waals surface area contributed by atoms with Crippen LogP contribution in [0.2, 0.25) is 0 Å². The fourth-order valence-corrected chi connectivity index (χ4v) is 7.39. The van der Waals surface area contributed by atoms with E-state index in [9.17, 15) is 0 Å². The molecule has 0 saturated heterocycles. The molecule has 1 aliphatic rings. The second kappa shape index (κ2) is 9.16. The lowest BCUT2D eigenvalue weighted by Crippen LogP contribution is -1.92. The molecule has 0 bridgehead atoms. The highest BCUT2D eigenvalue weighted by atomic mass is 14.2. The van der Waals surface area contributed by atoms with Crippen LogP contribution in [0.3, 0.4) is 0 Å². The second-order valence-corrected chi connectivity index (χ2v) is 11.6. The summed E-state index contributed by atoms with van der Waals surface area (Å²) in [6.07, 6.45) is 2.27. The molecule has 0 nitrogen and oxygen atoms in total. The predicted molar refractivity (Wildman–Crippen MR) is 180 cm³/mol. The Bertz CT molecular complexity index is 2300. The Labute approximate surface area is 245 Å². The maximum atomic E-state index is 2.47. The number of hydrogen-bond donors (Lipinski definition) is 0. The molecule has 0 aromatic heterocycles. The van der Waals surface area contributed by atoms with E-state index in [4.69, 9.17) is 0 Å². The molecular formula is C42H28. The summed E-state index contributed by atoms with van der Waals surface area (Å²) in [5.74, 6) is 0. The standard InChI is InChI=1S/C42H28/c1-2-10-29-23-31(21-19-27(29)9-1)30-12-8-14-33(24-30)41-36-15-3-5-17-38(36)42(39-18-6-4-16-37(39)41)35-25-32-13-7-11-28-20-22-34(26-35)40(28)32/h1-19,21,23-26H,20,22H2. The van der Waals surface area contributed by atoms with Crippen molar-refractivity contribution in [2.75, 3.05) is 0 Å². The van der Waals surface area contributed by atoms with Crippen LogP contribution in [0.1, 0.15) is 11.1 Å². The van der Waals surface area contributed by atoms with E-state index >= 15 is 0 Å². The molecule has 0 heterocycles. The summed E-state index contributed by atoms with van der Waals surface area (Å²) in [5, 5.41) is 10.6. The number of benzene rings is 8. The Hall–Kier alpha value is -5.20. The van der Waals surface area contributed by atoms with Crippen molar-refractivity contribution in [1.82, 2.24) is 0 Å². The number of rotatable bonds is 3. The zero-order valence-electron chi connectivity index (χ0n) is 23.3. The Morgan fingerprint density at radius 1 is 0.310 bits per heavy atom. The smallest absolute Gasteiger partial charge is 0.00261 e. The summed E-state index contributed by atoms with van der Waals surface area (Å²) < 4.78 is 0. The minimum absolute atomic E-state index is 1.12. The summed E-state index contributed by atoms with van der Waals surface area (Å²) in [7, 11) is 0. The molecule has 1 aliphatic carbocycles. The maximum absolute atomic E-state index is 2.47. The molecule has 42 heavy (non-hydrogen) atoms. The Kier molecular flexibility index (Phi) is 5.12. The first-order valence-corrected chi connectivity index (χ1v) is 14.9. The molecule has 0 saturated carbocycles. The fraction of sp³-hybridized carbons (Fsp3) is 0.0476. The number of hydrogen-bond acceptors (Lipinski definition) is 0. The third-order valence-corrected chi connectivity index (χ3v) is 9.26. The molecule has 0 fully saturated rings. The van der Waals surface area contributed by atoms with Gasteiger partial charge in [0.1, 0.15) is 0 Å². The van der Waals surface area contributed by atoms with Gasteiger partial charge in [0, 0.05) is 0 Å². The zero-order chi connectivity index (χ0) is 27.6. The molecule has 8 aromatic rings. The van der Waals surface area contributed by atoms with Gasteiger partial charge in [-0.3, -0.25) is 0 Å². The maximum Gasteiger partial charge on any atom is -0.00261 e. The van der Waals surface area contributed by atoms with Crippen LogP contribution in [0, 0.1) is 0 Å². The molecule has 8 aromatic carbocycles. The Morgan fingerprint density at radius 2 is 0.857 bits per heavy atom. The molecule has 0 spiro atoms. The van der Waals surface area contributed by atoms with E-state index in [2.05, 4.69) is 146 Å². The van der Waals surface area contributed by atoms with Gasteiger partial charge in [0.2, 0.25) is 0 Å². The Morgan fingerprint density at radius 3 is 1.62 bits per heavy atom. The molecule has 0 unspecified atom stereocenters. The highest BCUT2D eigenvalue weighted by Gasteiger charge is 2.20. The second-order valence-electron chi connectivity index (χ2n) is 11.6. The van der Waals surface area contributed by atoms with Gasteiger partial charge in [-0.25, -0.2) is 0 Å². The highest BCUT2D eigenvalue weighted by molar-refractivity contribution is 6.22. The van der Waals surface area contributed by atoms with Crippen molar-refractivity contribution in [3.63, 3.8) is 0 Å². The van der Waals surface area contributed by atoms with Crippen LogP contribution in [-0.2, 0) is 12.8 Å². The van der Waals surface area contributed by atoms with Crippen LogP contribution in [0.5, 0.6) is 0 Å². The third-order valence-electron chi connectivity index (χ3n) is 9.26. The fourth-order valence-electron chi connectivity index (χ4n) is 7.39. The van der Waals surface area contributed by atoms with Gasteiger partial charge < -0.3 is 0 Å². The summed E-state index contributed by atoms with van der Waals surface area (Å²) in [6, 6.07) is 54.1. The lowest BCUT2D eigenvalue weighted by atomic mass is 9.84. The van der Waals surface area contributed by atoms with Crippen molar-refractivity contribution in [1.29, 1.82) is 0 Å². The molecule has 0 radical (unpaired) electrons. The third kappa shape index (κ3) is 3.55. The van der Waals surface area contributed by atoms with E-state index < -0.39 is 0 Å².